The topological polar surface area (TPSA) is 83.0 Å². The highest BCUT2D eigenvalue weighted by Gasteiger charge is 2.13. The summed E-state index contributed by atoms with van der Waals surface area (Å²) in [7, 11) is 0. The van der Waals surface area contributed by atoms with Crippen molar-refractivity contribution in [2.45, 2.75) is 27.0 Å². The summed E-state index contributed by atoms with van der Waals surface area (Å²) in [5, 5.41) is 13.4. The molecule has 2 aromatic heterocycles. The lowest BCUT2D eigenvalue weighted by Gasteiger charge is -2.04. The van der Waals surface area contributed by atoms with E-state index in [1.807, 2.05) is 38.1 Å². The molecule has 2 aromatic carbocycles. The van der Waals surface area contributed by atoms with Crippen LogP contribution in [0.1, 0.15) is 28.3 Å². The first-order valence-corrected chi connectivity index (χ1v) is 10.9. The summed E-state index contributed by atoms with van der Waals surface area (Å²) < 4.78 is 12.4. The zero-order valence-electron chi connectivity index (χ0n) is 18.0. The Morgan fingerprint density at radius 1 is 1.06 bits per heavy atom. The molecule has 0 aliphatic heterocycles. The van der Waals surface area contributed by atoms with Gasteiger partial charge < -0.3 is 9.15 Å². The molecule has 0 N–H and O–H groups in total. The van der Waals surface area contributed by atoms with Crippen molar-refractivity contribution in [2.24, 2.45) is 0 Å². The second-order valence-corrected chi connectivity index (χ2v) is 8.18. The third-order valence-electron chi connectivity index (χ3n) is 4.84. The minimum Gasteiger partial charge on any atom is -0.452 e. The summed E-state index contributed by atoms with van der Waals surface area (Å²) >= 11 is 12.4. The minimum atomic E-state index is -0.567. The lowest BCUT2D eigenvalue weighted by Crippen LogP contribution is -2.02. The monoisotopic (exact) mass is 482 g/mol. The van der Waals surface area contributed by atoms with Gasteiger partial charge in [0, 0.05) is 22.2 Å². The molecule has 4 rings (SSSR count). The van der Waals surface area contributed by atoms with E-state index in [-0.39, 0.29) is 12.5 Å². The van der Waals surface area contributed by atoms with E-state index in [0.717, 1.165) is 11.1 Å². The quantitative estimate of drug-likeness (QED) is 0.249. The van der Waals surface area contributed by atoms with Crippen LogP contribution in [0, 0.1) is 13.8 Å². The van der Waals surface area contributed by atoms with Gasteiger partial charge in [0.15, 0.2) is 6.61 Å². The fourth-order valence-corrected chi connectivity index (χ4v) is 3.50. The average Bonchev–Trinajstić information content (AvgIpc) is 3.38. The Hall–Kier alpha value is -3.42. The van der Waals surface area contributed by atoms with Gasteiger partial charge in [0.1, 0.15) is 5.15 Å². The van der Waals surface area contributed by atoms with Crippen LogP contribution in [0.25, 0.3) is 17.5 Å². The molecule has 0 aliphatic carbocycles. The number of hydrogen-bond acceptors (Lipinski definition) is 6. The number of aromatic nitrogens is 4. The number of carbonyl (C=O) groups is 1. The fraction of sp³-hybridized carbons (Fsp3) is 0.167. The third kappa shape index (κ3) is 5.69. The highest BCUT2D eigenvalue weighted by molar-refractivity contribution is 6.31. The van der Waals surface area contributed by atoms with Gasteiger partial charge in [0.05, 0.1) is 12.2 Å². The average molecular weight is 483 g/mol. The van der Waals surface area contributed by atoms with E-state index >= 15 is 0 Å². The van der Waals surface area contributed by atoms with Crippen molar-refractivity contribution in [3.05, 3.63) is 93.1 Å². The molecule has 0 unspecified atom stereocenters. The van der Waals surface area contributed by atoms with Crippen molar-refractivity contribution in [1.29, 1.82) is 0 Å². The maximum atomic E-state index is 12.2. The summed E-state index contributed by atoms with van der Waals surface area (Å²) in [5.74, 6) is -0.0681. The zero-order valence-corrected chi connectivity index (χ0v) is 19.5. The van der Waals surface area contributed by atoms with Crippen molar-refractivity contribution >= 4 is 35.2 Å². The molecule has 0 atom stereocenters. The number of aryl methyl sites for hydroxylation is 2. The highest BCUT2D eigenvalue weighted by atomic mass is 35.5. The van der Waals surface area contributed by atoms with Crippen molar-refractivity contribution in [3.63, 3.8) is 0 Å². The van der Waals surface area contributed by atoms with Crippen molar-refractivity contribution < 1.29 is 13.9 Å². The number of hydrogen-bond donors (Lipinski definition) is 0. The number of halogens is 2. The van der Waals surface area contributed by atoms with Gasteiger partial charge in [-0.05, 0) is 49.8 Å². The first kappa shape index (κ1) is 22.8. The summed E-state index contributed by atoms with van der Waals surface area (Å²) in [4.78, 5) is 12.2. The summed E-state index contributed by atoms with van der Waals surface area (Å²) in [6.45, 7) is 4.25. The third-order valence-corrected chi connectivity index (χ3v) is 5.50. The van der Waals surface area contributed by atoms with Crippen LogP contribution in [0.5, 0.6) is 0 Å². The first-order chi connectivity index (χ1) is 15.9. The second-order valence-electron chi connectivity index (χ2n) is 7.38. The van der Waals surface area contributed by atoms with E-state index in [0.29, 0.717) is 33.9 Å². The lowest BCUT2D eigenvalue weighted by atomic mass is 10.1. The van der Waals surface area contributed by atoms with Gasteiger partial charge in [-0.15, -0.1) is 10.2 Å². The standard InChI is InChI=1S/C24H20Cl2N4O3/c1-15-3-5-17(6-4-15)13-30-23(26)20(16(2)29-30)11-12-22(31)32-14-21-27-28-24(33-21)18-7-9-19(25)10-8-18/h3-12H,13-14H2,1-2H3/b12-11+. The second kappa shape index (κ2) is 10.0. The predicted octanol–water partition coefficient (Wildman–Crippen LogP) is 5.66. The molecular formula is C24H20Cl2N4O3. The summed E-state index contributed by atoms with van der Waals surface area (Å²) in [6.07, 6.45) is 2.88. The number of carbonyl (C=O) groups excluding carboxylic acids is 1. The number of ether oxygens (including phenoxy) is 1. The van der Waals surface area contributed by atoms with Crippen LogP contribution in [-0.2, 0) is 22.7 Å². The Morgan fingerprint density at radius 3 is 2.52 bits per heavy atom. The normalized spacial score (nSPS) is 11.3. The van der Waals surface area contributed by atoms with Gasteiger partial charge in [0.2, 0.25) is 5.89 Å². The van der Waals surface area contributed by atoms with Gasteiger partial charge in [-0.2, -0.15) is 5.10 Å². The first-order valence-electron chi connectivity index (χ1n) is 10.1. The summed E-state index contributed by atoms with van der Waals surface area (Å²) in [6, 6.07) is 15.1. The number of esters is 1. The maximum absolute atomic E-state index is 12.2. The molecule has 0 amide bonds. The number of rotatable bonds is 7. The predicted molar refractivity (Wildman–Crippen MR) is 126 cm³/mol. The maximum Gasteiger partial charge on any atom is 0.331 e. The molecule has 9 heteroatoms. The molecule has 2 heterocycles. The Morgan fingerprint density at radius 2 is 1.79 bits per heavy atom. The molecule has 0 fully saturated rings. The highest BCUT2D eigenvalue weighted by Crippen LogP contribution is 2.23. The van der Waals surface area contributed by atoms with E-state index in [1.54, 1.807) is 35.0 Å². The molecule has 0 aliphatic rings. The van der Waals surface area contributed by atoms with E-state index in [4.69, 9.17) is 32.4 Å². The van der Waals surface area contributed by atoms with Crippen molar-refractivity contribution in [2.75, 3.05) is 0 Å². The van der Waals surface area contributed by atoms with Crippen LogP contribution in [0.2, 0.25) is 10.2 Å². The van der Waals surface area contributed by atoms with Crippen molar-refractivity contribution in [3.8, 4) is 11.5 Å². The Bertz CT molecular complexity index is 1290. The fourth-order valence-electron chi connectivity index (χ4n) is 3.08. The zero-order chi connectivity index (χ0) is 23.4. The molecule has 7 nitrogen and oxygen atoms in total. The van der Waals surface area contributed by atoms with Crippen LogP contribution in [0.15, 0.2) is 59.0 Å². The van der Waals surface area contributed by atoms with Crippen molar-refractivity contribution in [1.82, 2.24) is 20.0 Å². The van der Waals surface area contributed by atoms with Gasteiger partial charge >= 0.3 is 5.97 Å². The molecule has 168 valence electrons. The number of benzene rings is 2. The van der Waals surface area contributed by atoms with E-state index in [2.05, 4.69) is 15.3 Å². The molecular weight excluding hydrogens is 463 g/mol. The van der Waals surface area contributed by atoms with Gasteiger partial charge in [-0.3, -0.25) is 0 Å². The molecule has 0 bridgehead atoms. The van der Waals surface area contributed by atoms with Crippen LogP contribution in [0.4, 0.5) is 0 Å². The van der Waals surface area contributed by atoms with Crippen LogP contribution < -0.4 is 0 Å². The SMILES string of the molecule is Cc1ccc(Cn2nc(C)c(/C=C/C(=O)OCc3nnc(-c4ccc(Cl)cc4)o3)c2Cl)cc1. The van der Waals surface area contributed by atoms with E-state index in [9.17, 15) is 4.79 Å². The number of nitrogens with zero attached hydrogens (tertiary/aromatic N) is 4. The molecule has 0 spiro atoms. The van der Waals surface area contributed by atoms with Gasteiger partial charge in [0.25, 0.3) is 5.89 Å². The molecule has 33 heavy (non-hydrogen) atoms. The molecule has 4 aromatic rings. The largest absolute Gasteiger partial charge is 0.452 e. The lowest BCUT2D eigenvalue weighted by molar-refractivity contribution is -0.139. The van der Waals surface area contributed by atoms with Gasteiger partial charge in [-0.25, -0.2) is 9.48 Å². The van der Waals surface area contributed by atoms with E-state index < -0.39 is 5.97 Å². The van der Waals surface area contributed by atoms with Crippen LogP contribution in [0.3, 0.4) is 0 Å². The Labute approximate surface area is 200 Å². The van der Waals surface area contributed by atoms with E-state index in [1.165, 1.54) is 11.6 Å². The smallest absolute Gasteiger partial charge is 0.331 e. The molecule has 0 saturated carbocycles. The molecule has 0 radical (unpaired) electrons. The van der Waals surface area contributed by atoms with Gasteiger partial charge in [-0.1, -0.05) is 53.0 Å². The Balaban J connectivity index is 1.36. The Kier molecular flexibility index (Phi) is 6.91. The summed E-state index contributed by atoms with van der Waals surface area (Å²) in [5.41, 5.74) is 4.35. The molecule has 0 saturated heterocycles. The van der Waals surface area contributed by atoms with Crippen LogP contribution in [-0.4, -0.2) is 25.9 Å². The minimum absolute atomic E-state index is 0.150. The van der Waals surface area contributed by atoms with Crippen LogP contribution >= 0.6 is 23.2 Å².